The van der Waals surface area contributed by atoms with Gasteiger partial charge in [0.2, 0.25) is 0 Å². The van der Waals surface area contributed by atoms with Crippen LogP contribution in [-0.4, -0.2) is 6.61 Å². The summed E-state index contributed by atoms with van der Waals surface area (Å²) in [4.78, 5) is 0. The van der Waals surface area contributed by atoms with Crippen LogP contribution in [0.5, 0.6) is 11.5 Å². The monoisotopic (exact) mass is 316 g/mol. The van der Waals surface area contributed by atoms with E-state index in [1.54, 1.807) is 6.08 Å². The minimum atomic E-state index is -0.115. The molecule has 2 aromatic carbocycles. The van der Waals surface area contributed by atoms with Crippen molar-refractivity contribution in [3.63, 3.8) is 0 Å². The molecule has 2 nitrogen and oxygen atoms in total. The molecule has 3 heteroatoms. The van der Waals surface area contributed by atoms with Crippen molar-refractivity contribution in [2.75, 3.05) is 6.61 Å². The molecule has 1 atom stereocenters. The second-order valence-electron chi connectivity index (χ2n) is 4.32. The average Bonchev–Trinajstić information content (AvgIpc) is 2.44. The first-order valence-electron chi connectivity index (χ1n) is 6.08. The SMILES string of the molecule is C=CCOC1c2ccccc2Oc2ccc(Br)cc21. The van der Waals surface area contributed by atoms with E-state index in [-0.39, 0.29) is 6.10 Å². The summed E-state index contributed by atoms with van der Waals surface area (Å²) in [6.45, 7) is 4.21. The lowest BCUT2D eigenvalue weighted by Crippen LogP contribution is -2.13. The molecular weight excluding hydrogens is 304 g/mol. The van der Waals surface area contributed by atoms with Gasteiger partial charge in [0.05, 0.1) is 6.61 Å². The highest BCUT2D eigenvalue weighted by molar-refractivity contribution is 9.10. The molecule has 0 bridgehead atoms. The number of hydrogen-bond acceptors (Lipinski definition) is 2. The molecule has 19 heavy (non-hydrogen) atoms. The quantitative estimate of drug-likeness (QED) is 0.754. The Labute approximate surface area is 120 Å². The van der Waals surface area contributed by atoms with Crippen LogP contribution in [-0.2, 0) is 4.74 Å². The van der Waals surface area contributed by atoms with Crippen molar-refractivity contribution < 1.29 is 9.47 Å². The van der Waals surface area contributed by atoms with Crippen molar-refractivity contribution in [2.24, 2.45) is 0 Å². The molecular formula is C16H13BrO2. The van der Waals surface area contributed by atoms with Crippen LogP contribution in [0.15, 0.2) is 59.6 Å². The van der Waals surface area contributed by atoms with Crippen LogP contribution in [0.3, 0.4) is 0 Å². The number of benzene rings is 2. The third-order valence-corrected chi connectivity index (χ3v) is 3.55. The van der Waals surface area contributed by atoms with Crippen LogP contribution < -0.4 is 4.74 Å². The van der Waals surface area contributed by atoms with Crippen molar-refractivity contribution in [2.45, 2.75) is 6.10 Å². The van der Waals surface area contributed by atoms with Crippen LogP contribution in [0.2, 0.25) is 0 Å². The van der Waals surface area contributed by atoms with E-state index in [2.05, 4.69) is 22.5 Å². The summed E-state index contributed by atoms with van der Waals surface area (Å²) in [7, 11) is 0. The third-order valence-electron chi connectivity index (χ3n) is 3.06. The van der Waals surface area contributed by atoms with Gasteiger partial charge in [0.15, 0.2) is 0 Å². The minimum Gasteiger partial charge on any atom is -0.457 e. The van der Waals surface area contributed by atoms with Gasteiger partial charge in [0.25, 0.3) is 0 Å². The van der Waals surface area contributed by atoms with Gasteiger partial charge in [-0.25, -0.2) is 0 Å². The summed E-state index contributed by atoms with van der Waals surface area (Å²) < 4.78 is 12.9. The fraction of sp³-hybridized carbons (Fsp3) is 0.125. The van der Waals surface area contributed by atoms with Gasteiger partial charge in [-0.2, -0.15) is 0 Å². The van der Waals surface area contributed by atoms with E-state index in [4.69, 9.17) is 9.47 Å². The van der Waals surface area contributed by atoms with Crippen LogP contribution in [0.4, 0.5) is 0 Å². The Morgan fingerprint density at radius 2 is 1.95 bits per heavy atom. The van der Waals surface area contributed by atoms with E-state index < -0.39 is 0 Å². The van der Waals surface area contributed by atoms with Crippen molar-refractivity contribution in [1.82, 2.24) is 0 Å². The summed E-state index contributed by atoms with van der Waals surface area (Å²) in [6.07, 6.45) is 1.64. The lowest BCUT2D eigenvalue weighted by molar-refractivity contribution is 0.0961. The van der Waals surface area contributed by atoms with Gasteiger partial charge in [-0.05, 0) is 24.3 Å². The van der Waals surface area contributed by atoms with Crippen LogP contribution in [0.25, 0.3) is 0 Å². The topological polar surface area (TPSA) is 18.5 Å². The van der Waals surface area contributed by atoms with Crippen molar-refractivity contribution in [3.05, 3.63) is 70.7 Å². The van der Waals surface area contributed by atoms with Gasteiger partial charge in [-0.1, -0.05) is 40.2 Å². The Hall–Kier alpha value is -1.58. The highest BCUT2D eigenvalue weighted by Gasteiger charge is 2.27. The zero-order chi connectivity index (χ0) is 13.2. The Morgan fingerprint density at radius 3 is 2.79 bits per heavy atom. The van der Waals surface area contributed by atoms with Gasteiger partial charge >= 0.3 is 0 Å². The molecule has 96 valence electrons. The molecule has 0 N–H and O–H groups in total. The second kappa shape index (κ2) is 5.19. The molecule has 0 saturated carbocycles. The molecule has 3 rings (SSSR count). The smallest absolute Gasteiger partial charge is 0.133 e. The van der Waals surface area contributed by atoms with E-state index in [1.807, 2.05) is 42.5 Å². The Balaban J connectivity index is 2.10. The van der Waals surface area contributed by atoms with Gasteiger partial charge < -0.3 is 9.47 Å². The molecule has 1 aliphatic rings. The lowest BCUT2D eigenvalue weighted by atomic mass is 9.97. The molecule has 0 saturated heterocycles. The normalized spacial score (nSPS) is 16.2. The minimum absolute atomic E-state index is 0.115. The Morgan fingerprint density at radius 1 is 1.16 bits per heavy atom. The third kappa shape index (κ3) is 2.31. The largest absolute Gasteiger partial charge is 0.457 e. The van der Waals surface area contributed by atoms with E-state index >= 15 is 0 Å². The first-order valence-corrected chi connectivity index (χ1v) is 6.87. The summed E-state index contributed by atoms with van der Waals surface area (Å²) in [5.74, 6) is 1.70. The van der Waals surface area contributed by atoms with E-state index in [9.17, 15) is 0 Å². The fourth-order valence-corrected chi connectivity index (χ4v) is 2.62. The highest BCUT2D eigenvalue weighted by atomic mass is 79.9. The van der Waals surface area contributed by atoms with Crippen LogP contribution >= 0.6 is 15.9 Å². The number of halogens is 1. The zero-order valence-corrected chi connectivity index (χ0v) is 11.9. The maximum Gasteiger partial charge on any atom is 0.133 e. The molecule has 0 aliphatic carbocycles. The second-order valence-corrected chi connectivity index (χ2v) is 5.24. The Kier molecular flexibility index (Phi) is 3.40. The van der Waals surface area contributed by atoms with Gasteiger partial charge in [0, 0.05) is 15.6 Å². The summed E-state index contributed by atoms with van der Waals surface area (Å²) in [5.41, 5.74) is 2.09. The lowest BCUT2D eigenvalue weighted by Gasteiger charge is -2.28. The predicted octanol–water partition coefficient (Wildman–Crippen LogP) is 4.85. The van der Waals surface area contributed by atoms with E-state index in [1.165, 1.54) is 0 Å². The number of fused-ring (bicyclic) bond motifs is 2. The van der Waals surface area contributed by atoms with Gasteiger partial charge in [0.1, 0.15) is 17.6 Å². The first kappa shape index (κ1) is 12.5. The van der Waals surface area contributed by atoms with Gasteiger partial charge in [-0.15, -0.1) is 6.58 Å². The van der Waals surface area contributed by atoms with E-state index in [0.29, 0.717) is 6.61 Å². The van der Waals surface area contributed by atoms with Crippen molar-refractivity contribution in [3.8, 4) is 11.5 Å². The molecule has 2 aromatic rings. The van der Waals surface area contributed by atoms with Gasteiger partial charge in [-0.3, -0.25) is 0 Å². The fourth-order valence-electron chi connectivity index (χ4n) is 2.24. The maximum absolute atomic E-state index is 5.92. The van der Waals surface area contributed by atoms with Crippen molar-refractivity contribution in [1.29, 1.82) is 0 Å². The first-order chi connectivity index (χ1) is 9.29. The zero-order valence-electron chi connectivity index (χ0n) is 10.3. The molecule has 1 aliphatic heterocycles. The van der Waals surface area contributed by atoms with Crippen molar-refractivity contribution >= 4 is 15.9 Å². The molecule has 1 unspecified atom stereocenters. The van der Waals surface area contributed by atoms with E-state index in [0.717, 1.165) is 27.1 Å². The number of para-hydroxylation sites is 1. The average molecular weight is 317 g/mol. The molecule has 0 fully saturated rings. The summed E-state index contributed by atoms with van der Waals surface area (Å²) >= 11 is 3.49. The molecule has 0 aromatic heterocycles. The number of rotatable bonds is 3. The predicted molar refractivity (Wildman–Crippen MR) is 78.7 cm³/mol. The molecule has 1 heterocycles. The standard InChI is InChI=1S/C16H13BrO2/c1-2-9-18-16-12-5-3-4-6-14(12)19-15-8-7-11(17)10-13(15)16/h2-8,10,16H,1,9H2. The molecule has 0 amide bonds. The maximum atomic E-state index is 5.92. The highest BCUT2D eigenvalue weighted by Crippen LogP contribution is 2.45. The van der Waals surface area contributed by atoms with Crippen LogP contribution in [0.1, 0.15) is 17.2 Å². The van der Waals surface area contributed by atoms with Crippen LogP contribution in [0, 0.1) is 0 Å². The summed E-state index contributed by atoms with van der Waals surface area (Å²) in [6, 6.07) is 13.9. The number of ether oxygens (including phenoxy) is 2. The number of hydrogen-bond donors (Lipinski definition) is 0. The summed E-state index contributed by atoms with van der Waals surface area (Å²) in [5, 5.41) is 0. The Bertz CT molecular complexity index is 622. The molecule has 0 radical (unpaired) electrons. The molecule has 0 spiro atoms.